The van der Waals surface area contributed by atoms with Crippen LogP contribution in [0.15, 0.2) is 33.9 Å². The maximum Gasteiger partial charge on any atom is 0.277 e. The summed E-state index contributed by atoms with van der Waals surface area (Å²) in [6.07, 6.45) is 2.96. The van der Waals surface area contributed by atoms with Crippen molar-refractivity contribution in [1.82, 2.24) is 20.0 Å². The van der Waals surface area contributed by atoms with Gasteiger partial charge in [0.05, 0.1) is 5.75 Å². The summed E-state index contributed by atoms with van der Waals surface area (Å²) in [5, 5.41) is 8.44. The number of benzene rings is 1. The number of piperazine rings is 1. The molecule has 0 spiro atoms. The minimum Gasteiger partial charge on any atom is -0.416 e. The lowest BCUT2D eigenvalue weighted by molar-refractivity contribution is -0.130. The van der Waals surface area contributed by atoms with Crippen LogP contribution in [0.1, 0.15) is 31.2 Å². The number of carbonyl (C=O) groups is 1. The van der Waals surface area contributed by atoms with Crippen LogP contribution in [0.5, 0.6) is 0 Å². The Morgan fingerprint density at radius 1 is 1.17 bits per heavy atom. The molecule has 0 N–H and O–H groups in total. The topological polar surface area (TPSA) is 65.7 Å². The van der Waals surface area contributed by atoms with Crippen LogP contribution in [0.2, 0.25) is 0 Å². The van der Waals surface area contributed by atoms with Crippen molar-refractivity contribution < 1.29 is 9.21 Å². The molecule has 7 nitrogen and oxygen atoms in total. The van der Waals surface area contributed by atoms with Crippen molar-refractivity contribution in [3.05, 3.63) is 35.7 Å². The van der Waals surface area contributed by atoms with Gasteiger partial charge in [-0.3, -0.25) is 9.69 Å². The quantitative estimate of drug-likeness (QED) is 0.654. The first kappa shape index (κ1) is 21.2. The smallest absolute Gasteiger partial charge is 0.277 e. The fourth-order valence-electron chi connectivity index (χ4n) is 4.38. The lowest BCUT2D eigenvalue weighted by atomic mass is 10.0. The number of anilines is 1. The molecule has 2 aliphatic heterocycles. The van der Waals surface area contributed by atoms with Crippen LogP contribution >= 0.6 is 11.8 Å². The molecule has 0 radical (unpaired) electrons. The van der Waals surface area contributed by atoms with E-state index in [-0.39, 0.29) is 5.91 Å². The van der Waals surface area contributed by atoms with E-state index in [0.717, 1.165) is 45.7 Å². The average molecular weight is 430 g/mol. The molecule has 1 amide bonds. The average Bonchev–Trinajstić information content (AvgIpc) is 3.26. The highest BCUT2D eigenvalue weighted by molar-refractivity contribution is 7.99. The number of piperidine rings is 1. The Bertz CT molecular complexity index is 850. The third kappa shape index (κ3) is 4.98. The van der Waals surface area contributed by atoms with Crippen molar-refractivity contribution in [1.29, 1.82) is 0 Å². The third-order valence-electron chi connectivity index (χ3n) is 6.11. The van der Waals surface area contributed by atoms with Gasteiger partial charge >= 0.3 is 0 Å². The number of thioether (sulfide) groups is 1. The Hall–Kier alpha value is -2.06. The number of likely N-dealkylation sites (tertiary alicyclic amines) is 1. The number of amides is 1. The summed E-state index contributed by atoms with van der Waals surface area (Å²) >= 11 is 1.34. The van der Waals surface area contributed by atoms with Crippen LogP contribution < -0.4 is 4.90 Å². The number of aryl methyl sites for hydroxylation is 2. The van der Waals surface area contributed by atoms with Crippen molar-refractivity contribution in [3.63, 3.8) is 0 Å². The maximum atomic E-state index is 12.7. The molecular weight excluding hydrogens is 398 g/mol. The van der Waals surface area contributed by atoms with E-state index < -0.39 is 0 Å². The zero-order chi connectivity index (χ0) is 20.9. The van der Waals surface area contributed by atoms with Crippen molar-refractivity contribution >= 4 is 23.4 Å². The van der Waals surface area contributed by atoms with Gasteiger partial charge in [-0.25, -0.2) is 0 Å². The molecule has 3 heterocycles. The number of carbonyl (C=O) groups excluding carboxylic acids is 1. The Morgan fingerprint density at radius 2 is 1.97 bits per heavy atom. The van der Waals surface area contributed by atoms with E-state index >= 15 is 0 Å². The van der Waals surface area contributed by atoms with Crippen LogP contribution in [0, 0.1) is 6.92 Å². The van der Waals surface area contributed by atoms with Crippen molar-refractivity contribution in [2.45, 2.75) is 44.4 Å². The number of aromatic nitrogens is 2. The van der Waals surface area contributed by atoms with E-state index in [0.29, 0.717) is 29.3 Å². The monoisotopic (exact) mass is 429 g/mol. The fourth-order valence-corrected chi connectivity index (χ4v) is 5.06. The normalized spacial score (nSPS) is 20.5. The number of hydrogen-bond donors (Lipinski definition) is 0. The number of para-hydroxylation sites is 1. The van der Waals surface area contributed by atoms with E-state index in [2.05, 4.69) is 51.2 Å². The van der Waals surface area contributed by atoms with Gasteiger partial charge in [0.15, 0.2) is 0 Å². The van der Waals surface area contributed by atoms with Gasteiger partial charge in [-0.15, -0.1) is 10.2 Å². The van der Waals surface area contributed by atoms with Crippen molar-refractivity contribution in [2.24, 2.45) is 0 Å². The first-order chi connectivity index (χ1) is 14.6. The van der Waals surface area contributed by atoms with Crippen molar-refractivity contribution in [2.75, 3.05) is 49.9 Å². The van der Waals surface area contributed by atoms with Crippen molar-refractivity contribution in [3.8, 4) is 0 Å². The molecule has 0 bridgehead atoms. The maximum absolute atomic E-state index is 12.7. The van der Waals surface area contributed by atoms with Gasteiger partial charge < -0.3 is 14.2 Å². The second-order valence-corrected chi connectivity index (χ2v) is 8.98. The zero-order valence-electron chi connectivity index (χ0n) is 17.9. The number of hydrogen-bond acceptors (Lipinski definition) is 7. The van der Waals surface area contributed by atoms with E-state index in [9.17, 15) is 4.79 Å². The molecule has 0 aliphatic carbocycles. The van der Waals surface area contributed by atoms with Gasteiger partial charge in [-0.05, 0) is 31.4 Å². The Kier molecular flexibility index (Phi) is 6.94. The highest BCUT2D eigenvalue weighted by Gasteiger charge is 2.30. The standard InChI is InChI=1S/C22H31N5O2S/c1-3-20-23-24-22(29-20)30-16-21(28)27-10-6-8-18(15-27)25-11-13-26(14-12-25)19-9-5-4-7-17(19)2/h4-5,7,9,18H,3,6,8,10-16H2,1-2H3/t18-/m1/s1. The second-order valence-electron chi connectivity index (χ2n) is 8.05. The Morgan fingerprint density at radius 3 is 2.70 bits per heavy atom. The molecule has 0 unspecified atom stereocenters. The molecule has 1 atom stereocenters. The predicted molar refractivity (Wildman–Crippen MR) is 119 cm³/mol. The SMILES string of the molecule is CCc1nnc(SCC(=O)N2CCC[C@@H](N3CCN(c4ccccc4C)CC3)C2)o1. The molecule has 2 fully saturated rings. The molecule has 1 aromatic heterocycles. The van der Waals surface area contributed by atoms with Gasteiger partial charge in [0, 0.05) is 57.4 Å². The van der Waals surface area contributed by atoms with Crippen LogP contribution in [-0.2, 0) is 11.2 Å². The number of rotatable bonds is 6. The lowest BCUT2D eigenvalue weighted by Gasteiger charge is -2.44. The minimum atomic E-state index is 0.166. The molecule has 0 saturated carbocycles. The summed E-state index contributed by atoms with van der Waals surface area (Å²) in [5.41, 5.74) is 2.69. The molecule has 4 rings (SSSR count). The summed E-state index contributed by atoms with van der Waals surface area (Å²) in [7, 11) is 0. The second kappa shape index (κ2) is 9.83. The lowest BCUT2D eigenvalue weighted by Crippen LogP contribution is -2.56. The third-order valence-corrected chi connectivity index (χ3v) is 6.91. The molecule has 2 aliphatic rings. The van der Waals surface area contributed by atoms with Crippen LogP contribution in [0.25, 0.3) is 0 Å². The minimum absolute atomic E-state index is 0.166. The van der Waals surface area contributed by atoms with E-state index in [1.807, 2.05) is 11.8 Å². The number of nitrogens with zero attached hydrogens (tertiary/aromatic N) is 5. The predicted octanol–water partition coefficient (Wildman–Crippen LogP) is 2.85. The zero-order valence-corrected chi connectivity index (χ0v) is 18.7. The molecule has 8 heteroatoms. The van der Waals surface area contributed by atoms with Crippen LogP contribution in [0.3, 0.4) is 0 Å². The van der Waals surface area contributed by atoms with Crippen LogP contribution in [-0.4, -0.2) is 77.0 Å². The summed E-state index contributed by atoms with van der Waals surface area (Å²) < 4.78 is 5.50. The molecule has 2 aromatic rings. The van der Waals surface area contributed by atoms with Crippen LogP contribution in [0.4, 0.5) is 5.69 Å². The summed E-state index contributed by atoms with van der Waals surface area (Å²) in [4.78, 5) is 19.8. The molecule has 1 aromatic carbocycles. The van der Waals surface area contributed by atoms with Gasteiger partial charge in [-0.1, -0.05) is 36.9 Å². The molecular formula is C22H31N5O2S. The first-order valence-electron chi connectivity index (χ1n) is 10.9. The Balaban J connectivity index is 1.26. The molecule has 30 heavy (non-hydrogen) atoms. The molecule has 162 valence electrons. The van der Waals surface area contributed by atoms with E-state index in [4.69, 9.17) is 4.42 Å². The fraction of sp³-hybridized carbons (Fsp3) is 0.591. The summed E-state index contributed by atoms with van der Waals surface area (Å²) in [6, 6.07) is 9.08. The highest BCUT2D eigenvalue weighted by Crippen LogP contribution is 2.24. The Labute approximate surface area is 182 Å². The first-order valence-corrected chi connectivity index (χ1v) is 11.9. The highest BCUT2D eigenvalue weighted by atomic mass is 32.2. The van der Waals surface area contributed by atoms with Gasteiger partial charge in [-0.2, -0.15) is 0 Å². The van der Waals surface area contributed by atoms with Gasteiger partial charge in [0.25, 0.3) is 5.22 Å². The van der Waals surface area contributed by atoms with E-state index in [1.54, 1.807) is 0 Å². The largest absolute Gasteiger partial charge is 0.416 e. The summed E-state index contributed by atoms with van der Waals surface area (Å²) in [5.74, 6) is 1.14. The van der Waals surface area contributed by atoms with E-state index in [1.165, 1.54) is 29.4 Å². The van der Waals surface area contributed by atoms with Gasteiger partial charge in [0.2, 0.25) is 11.8 Å². The summed E-state index contributed by atoms with van der Waals surface area (Å²) in [6.45, 7) is 10.0. The molecule has 2 saturated heterocycles. The van der Waals surface area contributed by atoms with Gasteiger partial charge in [0.1, 0.15) is 0 Å².